The van der Waals surface area contributed by atoms with Crippen LogP contribution >= 0.6 is 11.3 Å². The molecule has 1 aliphatic carbocycles. The average molecular weight is 1190 g/mol. The van der Waals surface area contributed by atoms with Crippen molar-refractivity contribution in [2.45, 2.75) is 122 Å². The van der Waals surface area contributed by atoms with E-state index in [2.05, 4.69) is 32.8 Å². The number of hydrogen-bond donors (Lipinski definition) is 6. The van der Waals surface area contributed by atoms with Crippen molar-refractivity contribution in [1.29, 1.82) is 0 Å². The minimum Gasteiger partial charge on any atom is -0.477 e. The number of nitrogens with one attached hydrogen (secondary N) is 5. The number of piperidine rings is 1. The summed E-state index contributed by atoms with van der Waals surface area (Å²) in [4.78, 5) is 118. The molecule has 3 aromatic carbocycles. The Morgan fingerprint density at radius 3 is 1.74 bits per heavy atom. The second-order valence-electron chi connectivity index (χ2n) is 23.3. The highest BCUT2D eigenvalue weighted by atomic mass is 32.1. The van der Waals surface area contributed by atoms with Crippen molar-refractivity contribution in [2.24, 2.45) is 17.8 Å². The fraction of sp³-hybridized carbons (Fsp3) is 0.453. The summed E-state index contributed by atoms with van der Waals surface area (Å²) in [7, 11) is 2.51. The van der Waals surface area contributed by atoms with Crippen LogP contribution in [-0.2, 0) is 23.9 Å². The largest absolute Gasteiger partial charge is 0.477 e. The summed E-state index contributed by atoms with van der Waals surface area (Å²) >= 11 is 1.16. The second-order valence-corrected chi connectivity index (χ2v) is 24.4. The molecule has 86 heavy (non-hydrogen) atoms. The van der Waals surface area contributed by atoms with E-state index >= 15 is 0 Å². The van der Waals surface area contributed by atoms with Crippen LogP contribution in [0.4, 0.5) is 20.1 Å². The van der Waals surface area contributed by atoms with E-state index in [4.69, 9.17) is 19.4 Å². The van der Waals surface area contributed by atoms with Gasteiger partial charge in [0, 0.05) is 49.6 Å². The Morgan fingerprint density at radius 2 is 1.21 bits per heavy atom. The molecule has 0 radical (unpaired) electrons. The Hall–Kier alpha value is -8.53. The third-order valence-corrected chi connectivity index (χ3v) is 18.6. The predicted molar refractivity (Wildman–Crippen MR) is 326 cm³/mol. The smallest absolute Gasteiger partial charge is 0.407 e. The number of urea groups is 1. The number of methoxy groups -OCH3 is 2. The number of thiophene rings is 1. The van der Waals surface area contributed by atoms with E-state index in [0.29, 0.717) is 68.7 Å². The highest BCUT2D eigenvalue weighted by Crippen LogP contribution is 2.42. The molecule has 6 aromatic rings. The number of carbonyl (C=O) groups is 7. The van der Waals surface area contributed by atoms with Crippen LogP contribution < -0.4 is 20.9 Å². The molecular weight excluding hydrogens is 1110 g/mol. The molecule has 1 saturated carbocycles. The second kappa shape index (κ2) is 27.2. The van der Waals surface area contributed by atoms with Crippen molar-refractivity contribution in [3.8, 4) is 44.1 Å². The zero-order chi connectivity index (χ0) is 60.6. The molecule has 4 aliphatic rings. The molecule has 0 unspecified atom stereocenters. The Balaban J connectivity index is 0.741. The topological polar surface area (TPSA) is 265 Å². The van der Waals surface area contributed by atoms with Gasteiger partial charge in [-0.3, -0.25) is 14.4 Å². The number of nitrogens with zero attached hydrogens (tertiary/aromatic N) is 6. The number of hydrogen-bond acceptors (Lipinski definition) is 12. The van der Waals surface area contributed by atoms with Gasteiger partial charge in [0.1, 0.15) is 28.6 Å². The molecule has 3 saturated heterocycles. The summed E-state index contributed by atoms with van der Waals surface area (Å²) in [5, 5.41) is 18.8. The van der Waals surface area contributed by atoms with Gasteiger partial charge < -0.3 is 60.1 Å². The van der Waals surface area contributed by atoms with Gasteiger partial charge in [-0.05, 0) is 116 Å². The summed E-state index contributed by atoms with van der Waals surface area (Å²) in [6.07, 6.45) is 9.40. The molecule has 4 atom stereocenters. The van der Waals surface area contributed by atoms with Gasteiger partial charge in [0.2, 0.25) is 17.7 Å². The molecule has 0 spiro atoms. The summed E-state index contributed by atoms with van der Waals surface area (Å²) in [5.74, 6) is -0.144. The van der Waals surface area contributed by atoms with Gasteiger partial charge >= 0.3 is 24.2 Å². The minimum atomic E-state index is -1.09. The molecule has 21 nitrogen and oxygen atoms in total. The van der Waals surface area contributed by atoms with Crippen LogP contribution in [0.2, 0.25) is 0 Å². The number of aromatic amines is 2. The number of ether oxygens (including phenoxy) is 2. The Labute approximate surface area is 504 Å². The number of carboxylic acids is 1. The molecule has 4 fully saturated rings. The predicted octanol–water partition coefficient (Wildman–Crippen LogP) is 10.4. The SMILES string of the molecule is COC(=O)N[C@@H](CCNC(=O)N1CCC(N(C(=O)C2CCC(C)CC2)c2cc(-c3ccccc3)sc2C(=O)O)CC1)C(=O)N1CCC[C@H]1c1ncc(-c2ccc(-c3ccc(-c4cnc([C@@H]5CCCN5C(=O)[C@@H](NC(=O)OC)C(C)C)[nH]4)cc3)cc2)[nH]1. The molecule has 10 rings (SSSR count). The monoisotopic (exact) mass is 1190 g/mol. The number of amides is 7. The Bertz CT molecular complexity index is 3370. The number of likely N-dealkylation sites (tertiary alicyclic amines) is 3. The maximum Gasteiger partial charge on any atom is 0.407 e. The number of carboxylic acid groups (broad SMARTS) is 1. The minimum absolute atomic E-state index is 0.0605. The van der Waals surface area contributed by atoms with Crippen LogP contribution in [0, 0.1) is 17.8 Å². The van der Waals surface area contributed by atoms with Gasteiger partial charge in [0.05, 0.1) is 55.8 Å². The first-order valence-corrected chi connectivity index (χ1v) is 30.8. The highest BCUT2D eigenvalue weighted by Gasteiger charge is 2.41. The number of benzene rings is 3. The molecule has 6 N–H and O–H groups in total. The fourth-order valence-electron chi connectivity index (χ4n) is 12.6. The maximum absolute atomic E-state index is 14.6. The van der Waals surface area contributed by atoms with Crippen LogP contribution in [0.1, 0.15) is 125 Å². The lowest BCUT2D eigenvalue weighted by atomic mass is 9.82. The number of carbonyl (C=O) groups excluding carboxylic acids is 6. The number of aromatic nitrogens is 4. The van der Waals surface area contributed by atoms with Crippen molar-refractivity contribution in [2.75, 3.05) is 51.8 Å². The summed E-state index contributed by atoms with van der Waals surface area (Å²) in [6.45, 7) is 7.71. The average Bonchev–Trinajstić information content (AvgIpc) is 2.39. The van der Waals surface area contributed by atoms with Crippen molar-refractivity contribution in [3.63, 3.8) is 0 Å². The number of rotatable bonds is 18. The van der Waals surface area contributed by atoms with Gasteiger partial charge in [0.25, 0.3) is 0 Å². The van der Waals surface area contributed by atoms with E-state index in [9.17, 15) is 38.7 Å². The normalized spacial score (nSPS) is 19.6. The van der Waals surface area contributed by atoms with Gasteiger partial charge in [-0.2, -0.15) is 0 Å². The first kappa shape index (κ1) is 60.6. The van der Waals surface area contributed by atoms with Crippen LogP contribution in [0.5, 0.6) is 0 Å². The van der Waals surface area contributed by atoms with Crippen LogP contribution in [-0.4, -0.2) is 147 Å². The molecule has 22 heteroatoms. The zero-order valence-corrected chi connectivity index (χ0v) is 50.2. The van der Waals surface area contributed by atoms with E-state index in [0.717, 1.165) is 100 Å². The third kappa shape index (κ3) is 13.6. The standard InChI is InChI=1S/C64H77N11O10S/c1-38(2)54(71-64(83)85-5)60(78)74-32-10-14-51(74)57-67-37-49(69-57)43-25-21-41(22-26-43)40-19-23-42(24-20-40)48-36-66-56(68-48)50-13-9-31-73(50)59(77)47(70-63(82)84-4)27-30-65-62(81)72-33-28-46(29-34-72)75(58(76)45-17-15-39(3)16-18-45)52-35-53(86-55(52)61(79)80)44-11-7-6-8-12-44/h6-8,11-12,19-26,35-39,45-47,50-51,54H,9-10,13-18,27-34H2,1-5H3,(H,65,81)(H,66,68)(H,67,69)(H,70,82)(H,71,83)(H,79,80)/t39?,45?,47-,50-,51-,54-/m0/s1. The van der Waals surface area contributed by atoms with Crippen LogP contribution in [0.15, 0.2) is 97.3 Å². The molecular formula is C64H77N11O10S. The quantitative estimate of drug-likeness (QED) is 0.0469. The highest BCUT2D eigenvalue weighted by molar-refractivity contribution is 7.18. The van der Waals surface area contributed by atoms with Gasteiger partial charge in [-0.1, -0.05) is 99.6 Å². The molecule has 3 aliphatic heterocycles. The summed E-state index contributed by atoms with van der Waals surface area (Å²) in [5.41, 5.74) is 6.75. The third-order valence-electron chi connectivity index (χ3n) is 17.4. The van der Waals surface area contributed by atoms with Crippen LogP contribution in [0.3, 0.4) is 0 Å². The van der Waals surface area contributed by atoms with Crippen molar-refractivity contribution < 1.29 is 48.1 Å². The van der Waals surface area contributed by atoms with Crippen LogP contribution in [0.25, 0.3) is 44.1 Å². The molecule has 6 heterocycles. The van der Waals surface area contributed by atoms with E-state index < -0.39 is 30.2 Å². The van der Waals surface area contributed by atoms with Gasteiger partial charge in [0.15, 0.2) is 0 Å². The molecule has 3 aromatic heterocycles. The maximum atomic E-state index is 14.6. The first-order chi connectivity index (χ1) is 41.6. The Kier molecular flexibility index (Phi) is 19.2. The van der Waals surface area contributed by atoms with E-state index in [1.807, 2.05) is 98.8 Å². The lowest BCUT2D eigenvalue weighted by Crippen LogP contribution is -2.53. The van der Waals surface area contributed by atoms with Crippen molar-refractivity contribution >= 4 is 58.9 Å². The molecule has 454 valence electrons. The lowest BCUT2D eigenvalue weighted by molar-refractivity contribution is -0.135. The van der Waals surface area contributed by atoms with Gasteiger partial charge in [-0.15, -0.1) is 11.3 Å². The first-order valence-electron chi connectivity index (χ1n) is 30.0. The lowest BCUT2D eigenvalue weighted by Gasteiger charge is -2.40. The molecule has 0 bridgehead atoms. The summed E-state index contributed by atoms with van der Waals surface area (Å²) in [6, 6.07) is 24.6. The van der Waals surface area contributed by atoms with E-state index in [1.54, 1.807) is 32.0 Å². The van der Waals surface area contributed by atoms with E-state index in [1.165, 1.54) is 14.2 Å². The number of imidazole rings is 2. The van der Waals surface area contributed by atoms with Crippen molar-refractivity contribution in [3.05, 3.63) is 114 Å². The van der Waals surface area contributed by atoms with E-state index in [-0.39, 0.29) is 71.6 Å². The number of anilines is 1. The van der Waals surface area contributed by atoms with Crippen molar-refractivity contribution in [1.82, 2.24) is 50.6 Å². The fourth-order valence-corrected chi connectivity index (χ4v) is 13.6. The number of alkyl carbamates (subject to hydrolysis) is 2. The zero-order valence-electron chi connectivity index (χ0n) is 49.4. The number of H-pyrrole nitrogens is 2. The molecule has 7 amide bonds. The Morgan fingerprint density at radius 1 is 0.674 bits per heavy atom. The summed E-state index contributed by atoms with van der Waals surface area (Å²) < 4.78 is 9.71. The van der Waals surface area contributed by atoms with Gasteiger partial charge in [-0.25, -0.2) is 29.1 Å². The number of aromatic carboxylic acids is 1.